The molecule has 0 spiro atoms. The van der Waals surface area contributed by atoms with Gasteiger partial charge in [0.1, 0.15) is 0 Å². The zero-order valence-electron chi connectivity index (χ0n) is 12.1. The van der Waals surface area contributed by atoms with Gasteiger partial charge < -0.3 is 5.32 Å². The first-order valence-electron chi connectivity index (χ1n) is 7.25. The van der Waals surface area contributed by atoms with Crippen molar-refractivity contribution >= 4 is 20.8 Å². The summed E-state index contributed by atoms with van der Waals surface area (Å²) in [5.41, 5.74) is 0. The zero-order valence-corrected chi connectivity index (χ0v) is 12.9. The Morgan fingerprint density at radius 3 is 2.76 bits per heavy atom. The summed E-state index contributed by atoms with van der Waals surface area (Å²) < 4.78 is 27.4. The summed E-state index contributed by atoms with van der Waals surface area (Å²) in [5.74, 6) is 0.403. The van der Waals surface area contributed by atoms with Crippen LogP contribution in [0.5, 0.6) is 0 Å². The fraction of sp³-hybridized carbons (Fsp3) is 0.375. The maximum atomic E-state index is 12.9. The van der Waals surface area contributed by atoms with Gasteiger partial charge >= 0.3 is 0 Å². The summed E-state index contributed by atoms with van der Waals surface area (Å²) in [7, 11) is -1.51. The number of nitrogens with one attached hydrogen (secondary N) is 1. The Morgan fingerprint density at radius 2 is 1.95 bits per heavy atom. The van der Waals surface area contributed by atoms with Crippen molar-refractivity contribution in [3.05, 3.63) is 42.5 Å². The largest absolute Gasteiger partial charge is 0.319 e. The molecule has 0 aromatic heterocycles. The molecule has 1 heterocycles. The summed E-state index contributed by atoms with van der Waals surface area (Å²) in [4.78, 5) is 0.422. The van der Waals surface area contributed by atoms with E-state index >= 15 is 0 Å². The summed E-state index contributed by atoms with van der Waals surface area (Å²) in [6.45, 7) is 2.08. The molecule has 0 radical (unpaired) electrons. The van der Waals surface area contributed by atoms with Crippen LogP contribution in [0.15, 0.2) is 47.4 Å². The van der Waals surface area contributed by atoms with Crippen molar-refractivity contribution in [3.8, 4) is 0 Å². The molecule has 1 saturated heterocycles. The molecular formula is C16H20N2O2S. The van der Waals surface area contributed by atoms with E-state index in [1.165, 1.54) is 0 Å². The molecule has 112 valence electrons. The molecule has 0 bridgehead atoms. The van der Waals surface area contributed by atoms with Crippen LogP contribution in [0.4, 0.5) is 0 Å². The Hall–Kier alpha value is -1.43. The molecule has 0 amide bonds. The zero-order chi connectivity index (χ0) is 14.9. The second-order valence-corrected chi connectivity index (χ2v) is 7.46. The quantitative estimate of drug-likeness (QED) is 0.941. The highest BCUT2D eigenvalue weighted by molar-refractivity contribution is 7.89. The van der Waals surface area contributed by atoms with Crippen LogP contribution in [0.3, 0.4) is 0 Å². The number of fused-ring (bicyclic) bond motifs is 1. The highest BCUT2D eigenvalue weighted by Crippen LogP contribution is 2.29. The van der Waals surface area contributed by atoms with Gasteiger partial charge in [0.05, 0.1) is 4.90 Å². The van der Waals surface area contributed by atoms with Crippen LogP contribution >= 0.6 is 0 Å². The first-order valence-corrected chi connectivity index (χ1v) is 8.69. The van der Waals surface area contributed by atoms with Crippen LogP contribution in [0.1, 0.15) is 6.42 Å². The molecule has 1 aliphatic rings. The van der Waals surface area contributed by atoms with Gasteiger partial charge in [-0.2, -0.15) is 4.31 Å². The van der Waals surface area contributed by atoms with Crippen molar-refractivity contribution in [3.63, 3.8) is 0 Å². The molecule has 1 atom stereocenters. The third-order valence-corrected chi connectivity index (χ3v) is 6.03. The van der Waals surface area contributed by atoms with Gasteiger partial charge in [0, 0.05) is 18.5 Å². The predicted molar refractivity (Wildman–Crippen MR) is 84.7 cm³/mol. The highest BCUT2D eigenvalue weighted by atomic mass is 32.2. The fourth-order valence-electron chi connectivity index (χ4n) is 3.03. The van der Waals surface area contributed by atoms with Crippen molar-refractivity contribution in [2.75, 3.05) is 26.7 Å². The lowest BCUT2D eigenvalue weighted by molar-refractivity contribution is 0.452. The Balaban J connectivity index is 1.98. The van der Waals surface area contributed by atoms with E-state index in [2.05, 4.69) is 5.32 Å². The minimum atomic E-state index is -3.41. The number of benzene rings is 2. The average molecular weight is 304 g/mol. The van der Waals surface area contributed by atoms with Gasteiger partial charge in [0.15, 0.2) is 0 Å². The SMILES string of the molecule is CNCC1CCN(S(=O)(=O)c2cccc3ccccc23)C1. The minimum absolute atomic E-state index is 0.403. The molecular weight excluding hydrogens is 284 g/mol. The smallest absolute Gasteiger partial charge is 0.243 e. The molecule has 2 aromatic carbocycles. The van der Waals surface area contributed by atoms with Crippen LogP contribution in [0.2, 0.25) is 0 Å². The van der Waals surface area contributed by atoms with Crippen molar-refractivity contribution in [2.45, 2.75) is 11.3 Å². The lowest BCUT2D eigenvalue weighted by Gasteiger charge is -2.18. The molecule has 1 unspecified atom stereocenters. The van der Waals surface area contributed by atoms with E-state index in [9.17, 15) is 8.42 Å². The van der Waals surface area contributed by atoms with E-state index in [4.69, 9.17) is 0 Å². The maximum Gasteiger partial charge on any atom is 0.243 e. The summed E-state index contributed by atoms with van der Waals surface area (Å²) in [6.07, 6.45) is 0.921. The minimum Gasteiger partial charge on any atom is -0.319 e. The molecule has 1 N–H and O–H groups in total. The second kappa shape index (κ2) is 5.75. The monoisotopic (exact) mass is 304 g/mol. The van der Waals surface area contributed by atoms with Crippen LogP contribution in [0.25, 0.3) is 10.8 Å². The van der Waals surface area contributed by atoms with Crippen molar-refractivity contribution in [2.24, 2.45) is 5.92 Å². The van der Waals surface area contributed by atoms with Gasteiger partial charge in [-0.3, -0.25) is 0 Å². The topological polar surface area (TPSA) is 49.4 Å². The molecule has 2 aromatic rings. The molecule has 21 heavy (non-hydrogen) atoms. The van der Waals surface area contributed by atoms with Crippen LogP contribution in [-0.4, -0.2) is 39.4 Å². The van der Waals surface area contributed by atoms with E-state index in [-0.39, 0.29) is 0 Å². The summed E-state index contributed by atoms with van der Waals surface area (Å²) >= 11 is 0. The van der Waals surface area contributed by atoms with Gasteiger partial charge in [0.25, 0.3) is 0 Å². The summed E-state index contributed by atoms with van der Waals surface area (Å²) in [6, 6.07) is 13.1. The van der Waals surface area contributed by atoms with Crippen LogP contribution in [-0.2, 0) is 10.0 Å². The Kier molecular flexibility index (Phi) is 3.97. The van der Waals surface area contributed by atoms with E-state index in [1.54, 1.807) is 10.4 Å². The van der Waals surface area contributed by atoms with E-state index in [0.717, 1.165) is 23.7 Å². The van der Waals surface area contributed by atoms with Crippen LogP contribution in [0, 0.1) is 5.92 Å². The molecule has 0 aliphatic carbocycles. The Morgan fingerprint density at radius 1 is 1.19 bits per heavy atom. The van der Waals surface area contributed by atoms with Crippen LogP contribution < -0.4 is 5.32 Å². The fourth-order valence-corrected chi connectivity index (χ4v) is 4.78. The number of hydrogen-bond acceptors (Lipinski definition) is 3. The van der Waals surface area contributed by atoms with Gasteiger partial charge in [-0.15, -0.1) is 0 Å². The second-order valence-electron chi connectivity index (χ2n) is 5.55. The molecule has 0 saturated carbocycles. The highest BCUT2D eigenvalue weighted by Gasteiger charge is 2.32. The predicted octanol–water partition coefficient (Wildman–Crippen LogP) is 2.07. The van der Waals surface area contributed by atoms with Gasteiger partial charge in [-0.25, -0.2) is 8.42 Å². The number of hydrogen-bond donors (Lipinski definition) is 1. The van der Waals surface area contributed by atoms with Crippen molar-refractivity contribution < 1.29 is 8.42 Å². The van der Waals surface area contributed by atoms with Gasteiger partial charge in [-0.05, 0) is 37.4 Å². The van der Waals surface area contributed by atoms with Gasteiger partial charge in [0.2, 0.25) is 10.0 Å². The Labute approximate surface area is 125 Å². The maximum absolute atomic E-state index is 12.9. The third kappa shape index (κ3) is 2.69. The van der Waals surface area contributed by atoms with E-state index < -0.39 is 10.0 Å². The number of rotatable bonds is 4. The third-order valence-electron chi connectivity index (χ3n) is 4.11. The Bertz CT molecular complexity index is 738. The number of sulfonamides is 1. The first-order chi connectivity index (χ1) is 10.1. The summed E-state index contributed by atoms with van der Waals surface area (Å²) in [5, 5.41) is 4.89. The molecule has 3 rings (SSSR count). The lowest BCUT2D eigenvalue weighted by Crippen LogP contribution is -2.30. The van der Waals surface area contributed by atoms with Crippen molar-refractivity contribution in [1.82, 2.24) is 9.62 Å². The molecule has 1 fully saturated rings. The first kappa shape index (κ1) is 14.5. The average Bonchev–Trinajstić information content (AvgIpc) is 2.96. The standard InChI is InChI=1S/C16H20N2O2S/c1-17-11-13-9-10-18(12-13)21(19,20)16-8-4-6-14-5-2-3-7-15(14)16/h2-8,13,17H,9-12H2,1H3. The molecule has 1 aliphatic heterocycles. The molecule has 5 heteroatoms. The molecule has 4 nitrogen and oxygen atoms in total. The van der Waals surface area contributed by atoms with E-state index in [0.29, 0.717) is 23.9 Å². The number of nitrogens with zero attached hydrogens (tertiary/aromatic N) is 1. The van der Waals surface area contributed by atoms with Gasteiger partial charge in [-0.1, -0.05) is 36.4 Å². The normalized spacial score (nSPS) is 20.1. The lowest BCUT2D eigenvalue weighted by atomic mass is 10.1. The van der Waals surface area contributed by atoms with E-state index in [1.807, 2.05) is 43.4 Å². The van der Waals surface area contributed by atoms with Crippen molar-refractivity contribution in [1.29, 1.82) is 0 Å².